The van der Waals surface area contributed by atoms with Crippen molar-refractivity contribution in [2.45, 2.75) is 31.7 Å². The molecule has 1 aromatic carbocycles. The third kappa shape index (κ3) is 3.43. The number of methoxy groups -OCH3 is 1. The average Bonchev–Trinajstić information content (AvgIpc) is 2.55. The minimum Gasteiger partial charge on any atom is -0.497 e. The van der Waals surface area contributed by atoms with Crippen molar-refractivity contribution in [3.05, 3.63) is 29.8 Å². The summed E-state index contributed by atoms with van der Waals surface area (Å²) in [6, 6.07) is 7.66. The van der Waals surface area contributed by atoms with E-state index in [4.69, 9.17) is 4.74 Å². The van der Waals surface area contributed by atoms with Gasteiger partial charge in [0.05, 0.1) is 7.11 Å². The van der Waals surface area contributed by atoms with Crippen molar-refractivity contribution in [2.24, 2.45) is 11.8 Å². The van der Waals surface area contributed by atoms with Crippen LogP contribution in [0.1, 0.15) is 36.0 Å². The number of rotatable bonds is 3. The lowest BCUT2D eigenvalue weighted by Gasteiger charge is -2.42. The molecule has 1 aliphatic heterocycles. The average molecular weight is 302 g/mol. The Morgan fingerprint density at radius 2 is 1.95 bits per heavy atom. The molecule has 1 saturated carbocycles. The molecule has 3 atom stereocenters. The lowest BCUT2D eigenvalue weighted by molar-refractivity contribution is 0.0771. The number of hydrogen-bond acceptors (Lipinski definition) is 3. The Hall–Kier alpha value is -1.55. The van der Waals surface area contributed by atoms with Crippen molar-refractivity contribution in [1.29, 1.82) is 0 Å². The van der Waals surface area contributed by atoms with Gasteiger partial charge in [-0.2, -0.15) is 0 Å². The molecule has 2 aliphatic rings. The standard InChI is InChI=1S/C18H26N2O2/c1-20-10-9-14-11-16(6-3-15(14)12-20)19-18(21)13-4-7-17(22-2)8-5-13/h4-5,7-8,14-16H,3,6,9-12H2,1-2H3,(H,19,21). The molecule has 4 heteroatoms. The minimum atomic E-state index is 0.0408. The van der Waals surface area contributed by atoms with Crippen LogP contribution in [0.4, 0.5) is 0 Å². The minimum absolute atomic E-state index is 0.0408. The highest BCUT2D eigenvalue weighted by Gasteiger charge is 2.34. The maximum atomic E-state index is 12.4. The molecule has 0 radical (unpaired) electrons. The summed E-state index contributed by atoms with van der Waals surface area (Å²) < 4.78 is 5.13. The van der Waals surface area contributed by atoms with E-state index in [1.165, 1.54) is 25.9 Å². The zero-order valence-electron chi connectivity index (χ0n) is 13.5. The van der Waals surface area contributed by atoms with Gasteiger partial charge in [-0.05, 0) is 75.4 Å². The van der Waals surface area contributed by atoms with Gasteiger partial charge in [0.15, 0.2) is 0 Å². The molecule has 4 nitrogen and oxygen atoms in total. The smallest absolute Gasteiger partial charge is 0.251 e. The number of ether oxygens (including phenoxy) is 1. The molecule has 1 N–H and O–H groups in total. The summed E-state index contributed by atoms with van der Waals surface area (Å²) >= 11 is 0. The van der Waals surface area contributed by atoms with E-state index in [1.54, 1.807) is 7.11 Å². The molecule has 1 amide bonds. The van der Waals surface area contributed by atoms with Gasteiger partial charge in [-0.25, -0.2) is 0 Å². The molecular weight excluding hydrogens is 276 g/mol. The van der Waals surface area contributed by atoms with E-state index >= 15 is 0 Å². The topological polar surface area (TPSA) is 41.6 Å². The Morgan fingerprint density at radius 1 is 1.18 bits per heavy atom. The number of fused-ring (bicyclic) bond motifs is 1. The van der Waals surface area contributed by atoms with Crippen LogP contribution in [0.3, 0.4) is 0 Å². The molecule has 1 aliphatic carbocycles. The molecule has 22 heavy (non-hydrogen) atoms. The van der Waals surface area contributed by atoms with Gasteiger partial charge in [-0.3, -0.25) is 4.79 Å². The van der Waals surface area contributed by atoms with Gasteiger partial charge in [0, 0.05) is 18.2 Å². The number of carbonyl (C=O) groups excluding carboxylic acids is 1. The summed E-state index contributed by atoms with van der Waals surface area (Å²) in [4.78, 5) is 14.8. The van der Waals surface area contributed by atoms with Gasteiger partial charge in [0.1, 0.15) is 5.75 Å². The zero-order valence-corrected chi connectivity index (χ0v) is 13.5. The number of amides is 1. The van der Waals surface area contributed by atoms with E-state index in [9.17, 15) is 4.79 Å². The molecular formula is C18H26N2O2. The van der Waals surface area contributed by atoms with Gasteiger partial charge in [-0.15, -0.1) is 0 Å². The van der Waals surface area contributed by atoms with Crippen molar-refractivity contribution < 1.29 is 9.53 Å². The fraction of sp³-hybridized carbons (Fsp3) is 0.611. The highest BCUT2D eigenvalue weighted by molar-refractivity contribution is 5.94. The Balaban J connectivity index is 1.55. The quantitative estimate of drug-likeness (QED) is 0.933. The maximum absolute atomic E-state index is 12.4. The van der Waals surface area contributed by atoms with Crippen LogP contribution in [0.2, 0.25) is 0 Å². The first kappa shape index (κ1) is 15.3. The first-order valence-electron chi connectivity index (χ1n) is 8.29. The monoisotopic (exact) mass is 302 g/mol. The Kier molecular flexibility index (Phi) is 4.67. The van der Waals surface area contributed by atoms with Gasteiger partial charge in [-0.1, -0.05) is 0 Å². The van der Waals surface area contributed by atoms with Crippen LogP contribution in [0.15, 0.2) is 24.3 Å². The van der Waals surface area contributed by atoms with Crippen LogP contribution in [0.25, 0.3) is 0 Å². The second-order valence-electron chi connectivity index (χ2n) is 6.78. The van der Waals surface area contributed by atoms with Crippen molar-refractivity contribution in [1.82, 2.24) is 10.2 Å². The van der Waals surface area contributed by atoms with Gasteiger partial charge < -0.3 is 15.0 Å². The van der Waals surface area contributed by atoms with E-state index in [2.05, 4.69) is 17.3 Å². The van der Waals surface area contributed by atoms with E-state index in [0.717, 1.165) is 30.4 Å². The molecule has 120 valence electrons. The summed E-state index contributed by atoms with van der Waals surface area (Å²) in [6.45, 7) is 2.42. The Morgan fingerprint density at radius 3 is 2.68 bits per heavy atom. The molecule has 0 bridgehead atoms. The molecule has 3 unspecified atom stereocenters. The molecule has 2 fully saturated rings. The fourth-order valence-corrected chi connectivity index (χ4v) is 3.94. The fourth-order valence-electron chi connectivity index (χ4n) is 3.94. The number of nitrogens with zero attached hydrogens (tertiary/aromatic N) is 1. The van der Waals surface area contributed by atoms with E-state index < -0.39 is 0 Å². The number of hydrogen-bond donors (Lipinski definition) is 1. The summed E-state index contributed by atoms with van der Waals surface area (Å²) in [6.07, 6.45) is 4.76. The van der Waals surface area contributed by atoms with Crippen molar-refractivity contribution in [3.8, 4) is 5.75 Å². The van der Waals surface area contributed by atoms with E-state index in [0.29, 0.717) is 11.6 Å². The first-order chi connectivity index (χ1) is 10.7. The molecule has 0 spiro atoms. The summed E-state index contributed by atoms with van der Waals surface area (Å²) in [5.41, 5.74) is 0.714. The molecule has 0 aromatic heterocycles. The zero-order chi connectivity index (χ0) is 15.5. The van der Waals surface area contributed by atoms with Gasteiger partial charge in [0.25, 0.3) is 5.91 Å². The predicted octanol–water partition coefficient (Wildman–Crippen LogP) is 2.55. The maximum Gasteiger partial charge on any atom is 0.251 e. The number of carbonyl (C=O) groups is 1. The van der Waals surface area contributed by atoms with E-state index in [1.807, 2.05) is 24.3 Å². The largest absolute Gasteiger partial charge is 0.497 e. The lowest BCUT2D eigenvalue weighted by Crippen LogP contribution is -2.46. The van der Waals surface area contributed by atoms with E-state index in [-0.39, 0.29) is 5.91 Å². The first-order valence-corrected chi connectivity index (χ1v) is 8.29. The Bertz CT molecular complexity index is 514. The number of benzene rings is 1. The van der Waals surface area contributed by atoms with Crippen molar-refractivity contribution in [3.63, 3.8) is 0 Å². The molecule has 1 aromatic rings. The van der Waals surface area contributed by atoms with Gasteiger partial charge >= 0.3 is 0 Å². The molecule has 3 rings (SSSR count). The van der Waals surface area contributed by atoms with Gasteiger partial charge in [0.2, 0.25) is 0 Å². The summed E-state index contributed by atoms with van der Waals surface area (Å²) in [5, 5.41) is 3.22. The second kappa shape index (κ2) is 6.69. The molecule has 1 saturated heterocycles. The van der Waals surface area contributed by atoms with Crippen molar-refractivity contribution >= 4 is 5.91 Å². The Labute approximate surface area is 132 Å². The highest BCUT2D eigenvalue weighted by atomic mass is 16.5. The number of piperidine rings is 1. The predicted molar refractivity (Wildman–Crippen MR) is 87.2 cm³/mol. The van der Waals surface area contributed by atoms with Crippen molar-refractivity contribution in [2.75, 3.05) is 27.2 Å². The van der Waals surface area contributed by atoms with Crippen LogP contribution in [0, 0.1) is 11.8 Å². The van der Waals surface area contributed by atoms with Crippen LogP contribution < -0.4 is 10.1 Å². The van der Waals surface area contributed by atoms with Crippen LogP contribution in [0.5, 0.6) is 5.75 Å². The van der Waals surface area contributed by atoms with Crippen LogP contribution in [-0.2, 0) is 0 Å². The third-order valence-electron chi connectivity index (χ3n) is 5.26. The normalized spacial score (nSPS) is 28.7. The number of nitrogens with one attached hydrogen (secondary N) is 1. The van der Waals surface area contributed by atoms with Crippen LogP contribution >= 0.6 is 0 Å². The SMILES string of the molecule is COc1ccc(C(=O)NC2CCC3CN(C)CCC3C2)cc1. The lowest BCUT2D eigenvalue weighted by atomic mass is 9.73. The van der Waals surface area contributed by atoms with Crippen LogP contribution in [-0.4, -0.2) is 44.1 Å². The summed E-state index contributed by atoms with van der Waals surface area (Å²) in [7, 11) is 3.85. The number of likely N-dealkylation sites (tertiary alicyclic amines) is 1. The second-order valence-corrected chi connectivity index (χ2v) is 6.78. The molecule has 1 heterocycles. The summed E-state index contributed by atoms with van der Waals surface area (Å²) in [5.74, 6) is 2.43. The third-order valence-corrected chi connectivity index (χ3v) is 5.26. The highest BCUT2D eigenvalue weighted by Crippen LogP contribution is 2.36.